The first kappa shape index (κ1) is 15.3. The molecule has 2 heterocycles. The van der Waals surface area contributed by atoms with Crippen LogP contribution < -0.4 is 9.47 Å². The fraction of sp³-hybridized carbons (Fsp3) is 0.158. The van der Waals surface area contributed by atoms with Gasteiger partial charge < -0.3 is 19.3 Å². The van der Waals surface area contributed by atoms with E-state index >= 15 is 0 Å². The second-order valence-corrected chi connectivity index (χ2v) is 5.55. The average Bonchev–Trinajstić information content (AvgIpc) is 3.06. The third kappa shape index (κ3) is 2.71. The molecule has 1 aliphatic rings. The van der Waals surface area contributed by atoms with Gasteiger partial charge in [0, 0.05) is 17.0 Å². The van der Waals surface area contributed by atoms with Crippen molar-refractivity contribution in [2.24, 2.45) is 0 Å². The maximum absolute atomic E-state index is 12.4. The van der Waals surface area contributed by atoms with E-state index in [4.69, 9.17) is 14.2 Å². The number of aromatic nitrogens is 1. The first-order valence-corrected chi connectivity index (χ1v) is 7.86. The molecule has 0 saturated heterocycles. The van der Waals surface area contributed by atoms with Gasteiger partial charge in [0.25, 0.3) is 0 Å². The number of hydrogen-bond donors (Lipinski definition) is 1. The van der Waals surface area contributed by atoms with E-state index in [9.17, 15) is 9.90 Å². The molecule has 1 aliphatic heterocycles. The Balaban J connectivity index is 1.94. The molecule has 1 N–H and O–H groups in total. The van der Waals surface area contributed by atoms with E-state index in [1.807, 2.05) is 12.1 Å². The molecule has 4 rings (SSSR count). The van der Waals surface area contributed by atoms with Gasteiger partial charge in [-0.2, -0.15) is 0 Å². The third-order valence-corrected chi connectivity index (χ3v) is 3.96. The number of hydrogen-bond acceptors (Lipinski definition) is 6. The molecule has 0 unspecified atom stereocenters. The molecule has 0 amide bonds. The molecule has 3 aromatic rings. The van der Waals surface area contributed by atoms with Gasteiger partial charge in [0.2, 0.25) is 6.79 Å². The molecule has 25 heavy (non-hydrogen) atoms. The number of carbonyl (C=O) groups is 1. The lowest BCUT2D eigenvalue weighted by Crippen LogP contribution is -2.09. The number of pyridine rings is 1. The van der Waals surface area contributed by atoms with E-state index in [1.165, 1.54) is 0 Å². The Hall–Kier alpha value is -3.28. The lowest BCUT2D eigenvalue weighted by atomic mass is 10.0. The van der Waals surface area contributed by atoms with Crippen LogP contribution in [0.3, 0.4) is 0 Å². The standard InChI is InChI=1S/C19H15NO5/c1-2-23-19(22)18-14(11-3-5-13(21)6-4-11)7-12-8-16-17(25-10-24-16)9-15(12)20-18/h3-9,21H,2,10H2,1H3. The first-order valence-electron chi connectivity index (χ1n) is 7.86. The monoisotopic (exact) mass is 337 g/mol. The van der Waals surface area contributed by atoms with Crippen molar-refractivity contribution in [3.63, 3.8) is 0 Å². The van der Waals surface area contributed by atoms with Crippen LogP contribution in [-0.4, -0.2) is 29.5 Å². The number of phenolic OH excluding ortho intramolecular Hbond substituents is 1. The average molecular weight is 337 g/mol. The van der Waals surface area contributed by atoms with Crippen LogP contribution in [0.2, 0.25) is 0 Å². The molecule has 126 valence electrons. The van der Waals surface area contributed by atoms with E-state index in [1.54, 1.807) is 37.3 Å². The van der Waals surface area contributed by atoms with Crippen molar-refractivity contribution in [2.75, 3.05) is 13.4 Å². The Kier molecular flexibility index (Phi) is 3.65. The minimum absolute atomic E-state index is 0.151. The number of carbonyl (C=O) groups excluding carboxylic acids is 1. The molecule has 0 aliphatic carbocycles. The summed E-state index contributed by atoms with van der Waals surface area (Å²) in [6.45, 7) is 2.17. The third-order valence-electron chi connectivity index (χ3n) is 3.96. The number of rotatable bonds is 3. The maximum Gasteiger partial charge on any atom is 0.357 e. The van der Waals surface area contributed by atoms with Crippen LogP contribution in [-0.2, 0) is 4.74 Å². The Bertz CT molecular complexity index is 966. The van der Waals surface area contributed by atoms with Gasteiger partial charge in [0.05, 0.1) is 12.1 Å². The van der Waals surface area contributed by atoms with Crippen molar-refractivity contribution in [2.45, 2.75) is 6.92 Å². The number of phenols is 1. The zero-order chi connectivity index (χ0) is 17.4. The van der Waals surface area contributed by atoms with Gasteiger partial charge in [-0.3, -0.25) is 0 Å². The van der Waals surface area contributed by atoms with Crippen LogP contribution in [0.5, 0.6) is 17.2 Å². The van der Waals surface area contributed by atoms with Crippen LogP contribution in [0.15, 0.2) is 42.5 Å². The summed E-state index contributed by atoms with van der Waals surface area (Å²) in [5.74, 6) is 0.908. The fourth-order valence-electron chi connectivity index (χ4n) is 2.78. The maximum atomic E-state index is 12.4. The zero-order valence-electron chi connectivity index (χ0n) is 13.5. The predicted octanol–water partition coefficient (Wildman–Crippen LogP) is 3.51. The topological polar surface area (TPSA) is 77.9 Å². The number of esters is 1. The molecule has 0 spiro atoms. The highest BCUT2D eigenvalue weighted by molar-refractivity contribution is 6.00. The van der Waals surface area contributed by atoms with Crippen LogP contribution in [0.1, 0.15) is 17.4 Å². The fourth-order valence-corrected chi connectivity index (χ4v) is 2.78. The quantitative estimate of drug-likeness (QED) is 0.737. The van der Waals surface area contributed by atoms with Gasteiger partial charge in [-0.25, -0.2) is 9.78 Å². The Morgan fingerprint density at radius 2 is 1.88 bits per heavy atom. The summed E-state index contributed by atoms with van der Waals surface area (Å²) < 4.78 is 15.9. The molecule has 6 nitrogen and oxygen atoms in total. The van der Waals surface area contributed by atoms with E-state index in [2.05, 4.69) is 4.98 Å². The number of ether oxygens (including phenoxy) is 3. The van der Waals surface area contributed by atoms with E-state index in [0.29, 0.717) is 22.6 Å². The van der Waals surface area contributed by atoms with Crippen molar-refractivity contribution < 1.29 is 24.1 Å². The van der Waals surface area contributed by atoms with Crippen LogP contribution in [0, 0.1) is 0 Å². The summed E-state index contributed by atoms with van der Waals surface area (Å²) in [6.07, 6.45) is 0. The summed E-state index contributed by atoms with van der Waals surface area (Å²) in [6, 6.07) is 12.0. The Morgan fingerprint density at radius 3 is 2.60 bits per heavy atom. The van der Waals surface area contributed by atoms with Gasteiger partial charge in [0.15, 0.2) is 17.2 Å². The van der Waals surface area contributed by atoms with Crippen LogP contribution in [0.4, 0.5) is 0 Å². The van der Waals surface area contributed by atoms with Gasteiger partial charge in [-0.15, -0.1) is 0 Å². The lowest BCUT2D eigenvalue weighted by molar-refractivity contribution is 0.0521. The normalized spacial score (nSPS) is 12.4. The number of fused-ring (bicyclic) bond motifs is 2. The smallest absolute Gasteiger partial charge is 0.357 e. The van der Waals surface area contributed by atoms with E-state index < -0.39 is 5.97 Å². The molecular weight excluding hydrogens is 322 g/mol. The molecule has 0 radical (unpaired) electrons. The van der Waals surface area contributed by atoms with Crippen molar-refractivity contribution in [1.82, 2.24) is 4.98 Å². The minimum atomic E-state index is -0.495. The molecule has 0 atom stereocenters. The molecule has 2 aromatic carbocycles. The highest BCUT2D eigenvalue weighted by Crippen LogP contribution is 2.37. The predicted molar refractivity (Wildman–Crippen MR) is 90.9 cm³/mol. The Labute approximate surface area is 143 Å². The lowest BCUT2D eigenvalue weighted by Gasteiger charge is -2.11. The van der Waals surface area contributed by atoms with Gasteiger partial charge in [-0.05, 0) is 36.8 Å². The van der Waals surface area contributed by atoms with E-state index in [0.717, 1.165) is 10.9 Å². The molecular formula is C19H15NO5. The van der Waals surface area contributed by atoms with Crippen molar-refractivity contribution in [3.05, 3.63) is 48.2 Å². The number of aromatic hydroxyl groups is 1. The molecule has 6 heteroatoms. The Morgan fingerprint density at radius 1 is 1.16 bits per heavy atom. The van der Waals surface area contributed by atoms with Crippen molar-refractivity contribution >= 4 is 16.9 Å². The summed E-state index contributed by atoms with van der Waals surface area (Å²) >= 11 is 0. The van der Waals surface area contributed by atoms with Crippen LogP contribution >= 0.6 is 0 Å². The molecule has 0 fully saturated rings. The van der Waals surface area contributed by atoms with Gasteiger partial charge >= 0.3 is 5.97 Å². The zero-order valence-corrected chi connectivity index (χ0v) is 13.5. The highest BCUT2D eigenvalue weighted by Gasteiger charge is 2.20. The van der Waals surface area contributed by atoms with Crippen LogP contribution in [0.25, 0.3) is 22.0 Å². The van der Waals surface area contributed by atoms with E-state index in [-0.39, 0.29) is 24.8 Å². The second-order valence-electron chi connectivity index (χ2n) is 5.55. The second kappa shape index (κ2) is 5.98. The minimum Gasteiger partial charge on any atom is -0.508 e. The number of benzene rings is 2. The largest absolute Gasteiger partial charge is 0.508 e. The van der Waals surface area contributed by atoms with Crippen molar-refractivity contribution in [3.8, 4) is 28.4 Å². The SMILES string of the molecule is CCOC(=O)c1nc2cc3c(cc2cc1-c1ccc(O)cc1)OCO3. The summed E-state index contributed by atoms with van der Waals surface area (Å²) in [7, 11) is 0. The highest BCUT2D eigenvalue weighted by atomic mass is 16.7. The first-order chi connectivity index (χ1) is 12.2. The summed E-state index contributed by atoms with van der Waals surface area (Å²) in [5.41, 5.74) is 2.23. The summed E-state index contributed by atoms with van der Waals surface area (Å²) in [5, 5.41) is 10.3. The van der Waals surface area contributed by atoms with Crippen molar-refractivity contribution in [1.29, 1.82) is 0 Å². The van der Waals surface area contributed by atoms with Gasteiger partial charge in [-0.1, -0.05) is 12.1 Å². The van der Waals surface area contributed by atoms with Gasteiger partial charge in [0.1, 0.15) is 5.75 Å². The molecule has 0 saturated carbocycles. The number of nitrogens with zero attached hydrogens (tertiary/aromatic N) is 1. The summed E-state index contributed by atoms with van der Waals surface area (Å²) in [4.78, 5) is 16.9. The molecule has 1 aromatic heterocycles. The molecule has 0 bridgehead atoms.